The number of carbonyl (C=O) groups excluding carboxylic acids is 1. The van der Waals surface area contributed by atoms with Gasteiger partial charge in [0.1, 0.15) is 11.5 Å². The van der Waals surface area contributed by atoms with E-state index in [4.69, 9.17) is 4.42 Å². The van der Waals surface area contributed by atoms with Crippen molar-refractivity contribution in [3.63, 3.8) is 0 Å². The quantitative estimate of drug-likeness (QED) is 0.915. The molecule has 0 atom stereocenters. The second kappa shape index (κ2) is 5.31. The zero-order valence-electron chi connectivity index (χ0n) is 11.8. The highest BCUT2D eigenvalue weighted by molar-refractivity contribution is 5.96. The van der Waals surface area contributed by atoms with Crippen molar-refractivity contribution >= 4 is 5.91 Å². The average molecular weight is 257 g/mol. The molecule has 0 saturated heterocycles. The van der Waals surface area contributed by atoms with Crippen molar-refractivity contribution in [3.05, 3.63) is 58.0 Å². The Bertz CT molecular complexity index is 611. The smallest absolute Gasteiger partial charge is 0.255 e. The van der Waals surface area contributed by atoms with E-state index in [9.17, 15) is 4.79 Å². The predicted molar refractivity (Wildman–Crippen MR) is 75.3 cm³/mol. The summed E-state index contributed by atoms with van der Waals surface area (Å²) in [5.41, 5.74) is 3.87. The lowest BCUT2D eigenvalue weighted by molar-refractivity contribution is 0.0949. The van der Waals surface area contributed by atoms with E-state index < -0.39 is 0 Å². The third-order valence-electron chi connectivity index (χ3n) is 3.32. The molecule has 0 bridgehead atoms. The number of amides is 1. The van der Waals surface area contributed by atoms with Gasteiger partial charge in [-0.25, -0.2) is 0 Å². The monoisotopic (exact) mass is 257 g/mol. The van der Waals surface area contributed by atoms with Crippen LogP contribution in [0.25, 0.3) is 0 Å². The van der Waals surface area contributed by atoms with Crippen LogP contribution in [-0.4, -0.2) is 5.91 Å². The molecule has 1 aromatic carbocycles. The van der Waals surface area contributed by atoms with Crippen LogP contribution in [0.2, 0.25) is 0 Å². The lowest BCUT2D eigenvalue weighted by Crippen LogP contribution is -2.23. The van der Waals surface area contributed by atoms with Crippen LogP contribution in [-0.2, 0) is 6.54 Å². The standard InChI is InChI=1S/C16H19NO2/c1-10-6-5-7-14(8-10)9-17-16(18)15-11(2)12(3)19-13(15)4/h5-8H,9H2,1-4H3,(H,17,18). The predicted octanol–water partition coefficient (Wildman–Crippen LogP) is 3.44. The normalized spacial score (nSPS) is 10.5. The zero-order valence-corrected chi connectivity index (χ0v) is 11.8. The lowest BCUT2D eigenvalue weighted by Gasteiger charge is -2.06. The Morgan fingerprint density at radius 2 is 1.89 bits per heavy atom. The van der Waals surface area contributed by atoms with Gasteiger partial charge in [-0.3, -0.25) is 4.79 Å². The van der Waals surface area contributed by atoms with Crippen LogP contribution in [0, 0.1) is 27.7 Å². The number of hydrogen-bond acceptors (Lipinski definition) is 2. The molecule has 3 heteroatoms. The van der Waals surface area contributed by atoms with Crippen LogP contribution < -0.4 is 5.32 Å². The molecule has 2 aromatic rings. The minimum Gasteiger partial charge on any atom is -0.466 e. The van der Waals surface area contributed by atoms with E-state index in [0.717, 1.165) is 16.9 Å². The van der Waals surface area contributed by atoms with Gasteiger partial charge in [-0.2, -0.15) is 0 Å². The highest BCUT2D eigenvalue weighted by Gasteiger charge is 2.17. The highest BCUT2D eigenvalue weighted by Crippen LogP contribution is 2.20. The van der Waals surface area contributed by atoms with E-state index in [1.165, 1.54) is 5.56 Å². The van der Waals surface area contributed by atoms with Gasteiger partial charge in [0, 0.05) is 12.1 Å². The Morgan fingerprint density at radius 3 is 2.47 bits per heavy atom. The van der Waals surface area contributed by atoms with Crippen molar-refractivity contribution in [3.8, 4) is 0 Å². The topological polar surface area (TPSA) is 42.2 Å². The average Bonchev–Trinajstić information content (AvgIpc) is 2.61. The Hall–Kier alpha value is -2.03. The van der Waals surface area contributed by atoms with Gasteiger partial charge in [0.2, 0.25) is 0 Å². The number of benzene rings is 1. The molecule has 0 spiro atoms. The van der Waals surface area contributed by atoms with Crippen molar-refractivity contribution in [2.24, 2.45) is 0 Å². The van der Waals surface area contributed by atoms with Crippen molar-refractivity contribution < 1.29 is 9.21 Å². The number of furan rings is 1. The molecule has 1 aromatic heterocycles. The Morgan fingerprint density at radius 1 is 1.16 bits per heavy atom. The molecule has 1 amide bonds. The molecule has 0 aliphatic heterocycles. The molecule has 0 fully saturated rings. The van der Waals surface area contributed by atoms with Crippen molar-refractivity contribution in [1.29, 1.82) is 0 Å². The summed E-state index contributed by atoms with van der Waals surface area (Å²) in [6.07, 6.45) is 0. The van der Waals surface area contributed by atoms with Crippen LogP contribution in [0.1, 0.15) is 38.6 Å². The van der Waals surface area contributed by atoms with Gasteiger partial charge in [0.25, 0.3) is 5.91 Å². The minimum absolute atomic E-state index is 0.0756. The largest absolute Gasteiger partial charge is 0.466 e. The first-order chi connectivity index (χ1) is 8.99. The first kappa shape index (κ1) is 13.4. The first-order valence-corrected chi connectivity index (χ1v) is 6.39. The molecule has 0 aliphatic carbocycles. The zero-order chi connectivity index (χ0) is 14.0. The molecular formula is C16H19NO2. The second-order valence-corrected chi connectivity index (χ2v) is 4.89. The number of aryl methyl sites for hydroxylation is 3. The fourth-order valence-electron chi connectivity index (χ4n) is 2.22. The van der Waals surface area contributed by atoms with Crippen LogP contribution in [0.3, 0.4) is 0 Å². The summed E-state index contributed by atoms with van der Waals surface area (Å²) in [6, 6.07) is 8.11. The number of nitrogens with one attached hydrogen (secondary N) is 1. The molecule has 0 unspecified atom stereocenters. The van der Waals surface area contributed by atoms with Gasteiger partial charge < -0.3 is 9.73 Å². The molecule has 1 heterocycles. The molecule has 100 valence electrons. The Kier molecular flexibility index (Phi) is 3.74. The molecule has 1 N–H and O–H groups in total. The van der Waals surface area contributed by atoms with Crippen molar-refractivity contribution in [2.45, 2.75) is 34.2 Å². The van der Waals surface area contributed by atoms with Gasteiger partial charge in [0.15, 0.2) is 0 Å². The van der Waals surface area contributed by atoms with E-state index in [2.05, 4.69) is 11.4 Å². The van der Waals surface area contributed by atoms with Gasteiger partial charge in [-0.1, -0.05) is 29.8 Å². The summed E-state index contributed by atoms with van der Waals surface area (Å²) < 4.78 is 5.48. The lowest BCUT2D eigenvalue weighted by atomic mass is 10.1. The van der Waals surface area contributed by atoms with E-state index in [1.54, 1.807) is 0 Å². The highest BCUT2D eigenvalue weighted by atomic mass is 16.3. The van der Waals surface area contributed by atoms with Gasteiger partial charge in [0.05, 0.1) is 5.56 Å². The van der Waals surface area contributed by atoms with E-state index in [0.29, 0.717) is 17.9 Å². The fraction of sp³-hybridized carbons (Fsp3) is 0.312. The third kappa shape index (κ3) is 2.87. The summed E-state index contributed by atoms with van der Waals surface area (Å²) >= 11 is 0. The maximum Gasteiger partial charge on any atom is 0.255 e. The Labute approximate surface area is 113 Å². The molecule has 19 heavy (non-hydrogen) atoms. The molecule has 2 rings (SSSR count). The van der Waals surface area contributed by atoms with Crippen LogP contribution in [0.5, 0.6) is 0 Å². The number of carbonyl (C=O) groups is 1. The maximum atomic E-state index is 12.2. The molecule has 0 radical (unpaired) electrons. The fourth-order valence-corrected chi connectivity index (χ4v) is 2.22. The van der Waals surface area contributed by atoms with Crippen LogP contribution >= 0.6 is 0 Å². The molecule has 0 aliphatic rings. The third-order valence-corrected chi connectivity index (χ3v) is 3.32. The van der Waals surface area contributed by atoms with Crippen LogP contribution in [0.15, 0.2) is 28.7 Å². The van der Waals surface area contributed by atoms with E-state index >= 15 is 0 Å². The molecular weight excluding hydrogens is 238 g/mol. The summed E-state index contributed by atoms with van der Waals surface area (Å²) in [6.45, 7) is 8.18. The second-order valence-electron chi connectivity index (χ2n) is 4.89. The van der Waals surface area contributed by atoms with Crippen molar-refractivity contribution in [2.75, 3.05) is 0 Å². The van der Waals surface area contributed by atoms with Crippen molar-refractivity contribution in [1.82, 2.24) is 5.32 Å². The summed E-state index contributed by atoms with van der Waals surface area (Å²) in [5.74, 6) is 1.41. The molecule has 3 nitrogen and oxygen atoms in total. The van der Waals surface area contributed by atoms with Gasteiger partial charge >= 0.3 is 0 Å². The summed E-state index contributed by atoms with van der Waals surface area (Å²) in [7, 11) is 0. The van der Waals surface area contributed by atoms with Gasteiger partial charge in [-0.15, -0.1) is 0 Å². The maximum absolute atomic E-state index is 12.2. The van der Waals surface area contributed by atoms with E-state index in [1.807, 2.05) is 45.9 Å². The minimum atomic E-state index is -0.0756. The first-order valence-electron chi connectivity index (χ1n) is 6.39. The number of rotatable bonds is 3. The van der Waals surface area contributed by atoms with Crippen LogP contribution in [0.4, 0.5) is 0 Å². The summed E-state index contributed by atoms with van der Waals surface area (Å²) in [4.78, 5) is 12.2. The SMILES string of the molecule is Cc1cccc(CNC(=O)c2c(C)oc(C)c2C)c1. The summed E-state index contributed by atoms with van der Waals surface area (Å²) in [5, 5.41) is 2.94. The number of hydrogen-bond donors (Lipinski definition) is 1. The molecule has 0 saturated carbocycles. The Balaban J connectivity index is 2.10. The van der Waals surface area contributed by atoms with Gasteiger partial charge in [-0.05, 0) is 33.3 Å². The van der Waals surface area contributed by atoms with E-state index in [-0.39, 0.29) is 5.91 Å².